The molecule has 0 bridgehead atoms. The molecule has 1 rings (SSSR count). The van der Waals surface area contributed by atoms with Crippen LogP contribution in [0.4, 0.5) is 0 Å². The minimum Gasteiger partial charge on any atom is -0.355 e. The number of unbranched alkanes of at least 4 members (excludes halogenated alkanes) is 2. The van der Waals surface area contributed by atoms with Crippen molar-refractivity contribution >= 4 is 0 Å². The van der Waals surface area contributed by atoms with Crippen molar-refractivity contribution in [3.8, 4) is 0 Å². The van der Waals surface area contributed by atoms with Crippen molar-refractivity contribution in [1.29, 1.82) is 0 Å². The lowest BCUT2D eigenvalue weighted by Crippen LogP contribution is -2.24. The molecule has 1 aromatic rings. The summed E-state index contributed by atoms with van der Waals surface area (Å²) in [5, 5.41) is 9.71. The lowest BCUT2D eigenvalue weighted by atomic mass is 10.2. The van der Waals surface area contributed by atoms with Crippen molar-refractivity contribution in [2.24, 2.45) is 7.05 Å². The zero-order valence-corrected chi connectivity index (χ0v) is 8.48. The first kappa shape index (κ1) is 10.3. The van der Waals surface area contributed by atoms with Crippen LogP contribution >= 0.6 is 0 Å². The summed E-state index contributed by atoms with van der Waals surface area (Å²) < 4.78 is 3.78. The Bertz CT molecular complexity index is 245. The Morgan fingerprint density at radius 2 is 2.23 bits per heavy atom. The van der Waals surface area contributed by atoms with Gasteiger partial charge in [0.25, 0.3) is 0 Å². The number of aromatic nitrogens is 2. The molecule has 1 aromatic heterocycles. The maximum absolute atomic E-state index is 9.71. The Morgan fingerprint density at radius 3 is 2.77 bits per heavy atom. The van der Waals surface area contributed by atoms with Crippen LogP contribution in [0, 0.1) is 0 Å². The standard InChI is InChI=1S/C10H19N2O/c1-3-4-5-6-10(13)12-8-7-11(2)9-12/h7-10,13H,3-6H2,1-2H3/q+1. The fourth-order valence-electron chi connectivity index (χ4n) is 1.37. The van der Waals surface area contributed by atoms with Gasteiger partial charge in [-0.05, 0) is 6.42 Å². The smallest absolute Gasteiger partial charge is 0.245 e. The van der Waals surface area contributed by atoms with Gasteiger partial charge in [-0.2, -0.15) is 0 Å². The van der Waals surface area contributed by atoms with Crippen LogP contribution in [0.25, 0.3) is 0 Å². The van der Waals surface area contributed by atoms with Crippen molar-refractivity contribution in [3.05, 3.63) is 18.7 Å². The largest absolute Gasteiger partial charge is 0.355 e. The molecule has 0 saturated heterocycles. The fraction of sp³-hybridized carbons (Fsp3) is 0.700. The number of hydrogen-bond acceptors (Lipinski definition) is 1. The first-order chi connectivity index (χ1) is 6.24. The molecule has 0 aromatic carbocycles. The average molecular weight is 183 g/mol. The number of nitrogens with zero attached hydrogens (tertiary/aromatic N) is 2. The van der Waals surface area contributed by atoms with E-state index in [0.29, 0.717) is 0 Å². The van der Waals surface area contributed by atoms with E-state index in [1.807, 2.05) is 34.9 Å². The summed E-state index contributed by atoms with van der Waals surface area (Å²) in [6.07, 6.45) is 9.72. The van der Waals surface area contributed by atoms with Gasteiger partial charge in [-0.1, -0.05) is 19.8 Å². The van der Waals surface area contributed by atoms with Gasteiger partial charge < -0.3 is 5.11 Å². The Morgan fingerprint density at radius 1 is 1.46 bits per heavy atom. The summed E-state index contributed by atoms with van der Waals surface area (Å²) >= 11 is 0. The van der Waals surface area contributed by atoms with Gasteiger partial charge in [0, 0.05) is 6.42 Å². The van der Waals surface area contributed by atoms with Gasteiger partial charge in [0.05, 0.1) is 7.05 Å². The van der Waals surface area contributed by atoms with Crippen LogP contribution in [0.2, 0.25) is 0 Å². The summed E-state index contributed by atoms with van der Waals surface area (Å²) in [6, 6.07) is 0. The molecule has 13 heavy (non-hydrogen) atoms. The lowest BCUT2D eigenvalue weighted by molar-refractivity contribution is -0.671. The molecule has 0 fully saturated rings. The van der Waals surface area contributed by atoms with Crippen LogP contribution in [0.3, 0.4) is 0 Å². The average Bonchev–Trinajstić information content (AvgIpc) is 2.52. The Balaban J connectivity index is 2.35. The lowest BCUT2D eigenvalue weighted by Gasteiger charge is -2.05. The zero-order chi connectivity index (χ0) is 9.68. The van der Waals surface area contributed by atoms with Gasteiger partial charge in [-0.25, -0.2) is 9.13 Å². The van der Waals surface area contributed by atoms with E-state index in [9.17, 15) is 5.11 Å². The molecule has 0 aliphatic rings. The number of aliphatic hydroxyl groups excluding tert-OH is 1. The normalized spacial score (nSPS) is 13.2. The molecule has 0 spiro atoms. The highest BCUT2D eigenvalue weighted by molar-refractivity contribution is 4.69. The second-order valence-electron chi connectivity index (χ2n) is 3.50. The molecule has 1 unspecified atom stereocenters. The summed E-state index contributed by atoms with van der Waals surface area (Å²) in [5.74, 6) is 0. The highest BCUT2D eigenvalue weighted by atomic mass is 16.3. The maximum Gasteiger partial charge on any atom is 0.245 e. The highest BCUT2D eigenvalue weighted by Crippen LogP contribution is 2.11. The summed E-state index contributed by atoms with van der Waals surface area (Å²) in [7, 11) is 1.95. The summed E-state index contributed by atoms with van der Waals surface area (Å²) in [5.41, 5.74) is 0. The molecule has 1 N–H and O–H groups in total. The maximum atomic E-state index is 9.71. The molecule has 0 aliphatic heterocycles. The molecule has 0 radical (unpaired) electrons. The van der Waals surface area contributed by atoms with Gasteiger partial charge in [0.2, 0.25) is 6.33 Å². The minimum atomic E-state index is -0.354. The number of rotatable bonds is 5. The highest BCUT2D eigenvalue weighted by Gasteiger charge is 2.10. The minimum absolute atomic E-state index is 0.354. The quantitative estimate of drug-likeness (QED) is 0.542. The second kappa shape index (κ2) is 5.02. The molecule has 74 valence electrons. The van der Waals surface area contributed by atoms with E-state index in [4.69, 9.17) is 0 Å². The van der Waals surface area contributed by atoms with Crippen LogP contribution < -0.4 is 4.57 Å². The van der Waals surface area contributed by atoms with Crippen LogP contribution in [0.1, 0.15) is 38.8 Å². The topological polar surface area (TPSA) is 29.0 Å². The molecule has 0 saturated carbocycles. The molecule has 3 heteroatoms. The van der Waals surface area contributed by atoms with Gasteiger partial charge >= 0.3 is 0 Å². The molecule has 1 heterocycles. The van der Waals surface area contributed by atoms with Gasteiger partial charge in [0.1, 0.15) is 12.4 Å². The van der Waals surface area contributed by atoms with Crippen LogP contribution in [-0.2, 0) is 7.05 Å². The van der Waals surface area contributed by atoms with Gasteiger partial charge in [-0.3, -0.25) is 0 Å². The van der Waals surface area contributed by atoms with Gasteiger partial charge in [-0.15, -0.1) is 0 Å². The summed E-state index contributed by atoms with van der Waals surface area (Å²) in [4.78, 5) is 0. The van der Waals surface area contributed by atoms with Crippen molar-refractivity contribution < 1.29 is 9.67 Å². The molecule has 1 atom stereocenters. The van der Waals surface area contributed by atoms with E-state index in [0.717, 1.165) is 12.8 Å². The van der Waals surface area contributed by atoms with Crippen LogP contribution in [0.5, 0.6) is 0 Å². The number of hydrogen-bond donors (Lipinski definition) is 1. The fourth-order valence-corrected chi connectivity index (χ4v) is 1.37. The van der Waals surface area contributed by atoms with Crippen molar-refractivity contribution in [1.82, 2.24) is 4.57 Å². The Kier molecular flexibility index (Phi) is 3.96. The van der Waals surface area contributed by atoms with Crippen LogP contribution in [0.15, 0.2) is 18.7 Å². The van der Waals surface area contributed by atoms with E-state index in [1.165, 1.54) is 12.8 Å². The molecular weight excluding hydrogens is 164 g/mol. The third kappa shape index (κ3) is 3.19. The predicted molar refractivity (Wildman–Crippen MR) is 51.0 cm³/mol. The molecule has 3 nitrogen and oxygen atoms in total. The van der Waals surface area contributed by atoms with E-state index in [-0.39, 0.29) is 6.23 Å². The molecule has 0 aliphatic carbocycles. The van der Waals surface area contributed by atoms with Crippen molar-refractivity contribution in [2.45, 2.75) is 38.8 Å². The first-order valence-electron chi connectivity index (χ1n) is 4.95. The van der Waals surface area contributed by atoms with Crippen molar-refractivity contribution in [3.63, 3.8) is 0 Å². The SMILES string of the molecule is CCCCCC(O)n1cc[n+](C)c1. The predicted octanol–water partition coefficient (Wildman–Crippen LogP) is 1.38. The Labute approximate surface area is 79.6 Å². The molecular formula is C10H19N2O+. The Hall–Kier alpha value is -0.830. The zero-order valence-electron chi connectivity index (χ0n) is 8.48. The third-order valence-corrected chi connectivity index (χ3v) is 2.20. The van der Waals surface area contributed by atoms with E-state index in [2.05, 4.69) is 6.92 Å². The van der Waals surface area contributed by atoms with Crippen molar-refractivity contribution in [2.75, 3.05) is 0 Å². The number of imidazole rings is 1. The third-order valence-electron chi connectivity index (χ3n) is 2.20. The van der Waals surface area contributed by atoms with E-state index < -0.39 is 0 Å². The van der Waals surface area contributed by atoms with Crippen LogP contribution in [-0.4, -0.2) is 9.67 Å². The monoisotopic (exact) mass is 183 g/mol. The summed E-state index contributed by atoms with van der Waals surface area (Å²) in [6.45, 7) is 2.17. The van der Waals surface area contributed by atoms with Gasteiger partial charge in [0.15, 0.2) is 6.23 Å². The van der Waals surface area contributed by atoms with E-state index in [1.54, 1.807) is 0 Å². The first-order valence-corrected chi connectivity index (χ1v) is 4.95. The number of aryl methyl sites for hydroxylation is 1. The second-order valence-corrected chi connectivity index (χ2v) is 3.50. The molecule has 0 amide bonds. The number of aliphatic hydroxyl groups is 1. The van der Waals surface area contributed by atoms with E-state index >= 15 is 0 Å².